The number of rotatable bonds is 6. The van der Waals surface area contributed by atoms with E-state index in [1.54, 1.807) is 18.2 Å². The van der Waals surface area contributed by atoms with Crippen LogP contribution >= 0.6 is 11.6 Å². The van der Waals surface area contributed by atoms with E-state index in [1.807, 2.05) is 6.92 Å². The number of nitrogens with one attached hydrogen (secondary N) is 1. The molecule has 0 aliphatic heterocycles. The molecule has 0 saturated heterocycles. The predicted molar refractivity (Wildman–Crippen MR) is 88.6 cm³/mol. The Labute approximate surface area is 137 Å². The van der Waals surface area contributed by atoms with Crippen molar-refractivity contribution in [1.82, 2.24) is 0 Å². The number of halogens is 1. The van der Waals surface area contributed by atoms with Gasteiger partial charge in [-0.25, -0.2) is 0 Å². The maximum Gasteiger partial charge on any atom is 0.250 e. The number of anilines is 1. The molecule has 1 saturated carbocycles. The summed E-state index contributed by atoms with van der Waals surface area (Å²) in [6, 6.07) is 5.30. The summed E-state index contributed by atoms with van der Waals surface area (Å²) < 4.78 is 11.2. The number of hydrogen-bond acceptors (Lipinski definition) is 3. The first kappa shape index (κ1) is 17.1. The van der Waals surface area contributed by atoms with Crippen molar-refractivity contribution in [1.29, 1.82) is 0 Å². The van der Waals surface area contributed by atoms with Crippen LogP contribution in [0.1, 0.15) is 39.5 Å². The fourth-order valence-corrected chi connectivity index (χ4v) is 3.04. The van der Waals surface area contributed by atoms with Gasteiger partial charge in [0.25, 0.3) is 0 Å². The zero-order valence-electron chi connectivity index (χ0n) is 13.2. The number of hydrogen-bond donors (Lipinski definition) is 1. The minimum atomic E-state index is -0.179. The van der Waals surface area contributed by atoms with Crippen LogP contribution in [0.4, 0.5) is 5.69 Å². The van der Waals surface area contributed by atoms with Crippen molar-refractivity contribution in [3.63, 3.8) is 0 Å². The third-order valence-electron chi connectivity index (χ3n) is 3.87. The Hall–Kier alpha value is -1.26. The third-order valence-corrected chi connectivity index (χ3v) is 4.17. The highest BCUT2D eigenvalue weighted by Crippen LogP contribution is 2.33. The van der Waals surface area contributed by atoms with Crippen molar-refractivity contribution >= 4 is 23.2 Å². The Morgan fingerprint density at radius 2 is 2.23 bits per heavy atom. The lowest BCUT2D eigenvalue weighted by molar-refractivity contribution is -0.123. The van der Waals surface area contributed by atoms with Crippen LogP contribution in [0.5, 0.6) is 5.75 Å². The molecule has 0 spiro atoms. The number of benzene rings is 1. The van der Waals surface area contributed by atoms with Gasteiger partial charge in [0.1, 0.15) is 6.61 Å². The van der Waals surface area contributed by atoms with E-state index in [0.717, 1.165) is 12.8 Å². The number of carbonyl (C=O) groups excluding carboxylic acids is 1. The molecule has 22 heavy (non-hydrogen) atoms. The first-order chi connectivity index (χ1) is 10.6. The Morgan fingerprint density at radius 1 is 1.41 bits per heavy atom. The van der Waals surface area contributed by atoms with E-state index < -0.39 is 0 Å². The summed E-state index contributed by atoms with van der Waals surface area (Å²) in [6.07, 6.45) is 4.70. The highest BCUT2D eigenvalue weighted by Gasteiger charge is 2.20. The second kappa shape index (κ2) is 8.39. The first-order valence-corrected chi connectivity index (χ1v) is 8.30. The summed E-state index contributed by atoms with van der Waals surface area (Å²) in [4.78, 5) is 12.1. The highest BCUT2D eigenvalue weighted by atomic mass is 35.5. The van der Waals surface area contributed by atoms with E-state index in [0.29, 0.717) is 29.0 Å². The molecule has 2 atom stereocenters. The van der Waals surface area contributed by atoms with Crippen LogP contribution in [0.25, 0.3) is 0 Å². The third kappa shape index (κ3) is 4.89. The van der Waals surface area contributed by atoms with Crippen molar-refractivity contribution in [3.05, 3.63) is 23.2 Å². The van der Waals surface area contributed by atoms with Crippen LogP contribution in [0.15, 0.2) is 18.2 Å². The van der Waals surface area contributed by atoms with E-state index in [1.165, 1.54) is 12.8 Å². The van der Waals surface area contributed by atoms with E-state index >= 15 is 0 Å². The number of carbonyl (C=O) groups is 1. The molecule has 2 unspecified atom stereocenters. The van der Waals surface area contributed by atoms with Crippen LogP contribution in [-0.2, 0) is 9.53 Å². The molecule has 1 amide bonds. The van der Waals surface area contributed by atoms with E-state index in [9.17, 15) is 4.79 Å². The average molecular weight is 326 g/mol. The van der Waals surface area contributed by atoms with Gasteiger partial charge in [-0.1, -0.05) is 37.4 Å². The van der Waals surface area contributed by atoms with Gasteiger partial charge in [-0.3, -0.25) is 4.79 Å². The lowest BCUT2D eigenvalue weighted by Crippen LogP contribution is -2.27. The van der Waals surface area contributed by atoms with Crippen molar-refractivity contribution in [3.8, 4) is 5.75 Å². The lowest BCUT2D eigenvalue weighted by atomic mass is 9.89. The van der Waals surface area contributed by atoms with Crippen LogP contribution in [0, 0.1) is 5.92 Å². The van der Waals surface area contributed by atoms with E-state index in [4.69, 9.17) is 21.1 Å². The molecule has 0 heterocycles. The number of ether oxygens (including phenoxy) is 2. The van der Waals surface area contributed by atoms with Gasteiger partial charge in [-0.2, -0.15) is 0 Å². The summed E-state index contributed by atoms with van der Waals surface area (Å²) in [5, 5.41) is 3.30. The molecule has 0 bridgehead atoms. The van der Waals surface area contributed by atoms with Crippen molar-refractivity contribution in [2.45, 2.75) is 45.6 Å². The fourth-order valence-electron chi connectivity index (χ4n) is 2.81. The Kier molecular flexibility index (Phi) is 6.52. The zero-order valence-corrected chi connectivity index (χ0v) is 14.0. The zero-order chi connectivity index (χ0) is 15.9. The Balaban J connectivity index is 1.88. The van der Waals surface area contributed by atoms with Crippen molar-refractivity contribution in [2.24, 2.45) is 5.92 Å². The molecule has 1 N–H and O–H groups in total. The van der Waals surface area contributed by atoms with E-state index in [2.05, 4.69) is 12.2 Å². The predicted octanol–water partition coefficient (Wildman–Crippen LogP) is 4.27. The summed E-state index contributed by atoms with van der Waals surface area (Å²) in [5.41, 5.74) is 0.583. The van der Waals surface area contributed by atoms with Crippen molar-refractivity contribution in [2.75, 3.05) is 18.5 Å². The minimum absolute atomic E-state index is 0.0649. The van der Waals surface area contributed by atoms with Gasteiger partial charge in [0.05, 0.1) is 23.4 Å². The molecular weight excluding hydrogens is 302 g/mol. The van der Waals surface area contributed by atoms with Gasteiger partial charge in [0.2, 0.25) is 5.91 Å². The molecule has 5 heteroatoms. The highest BCUT2D eigenvalue weighted by molar-refractivity contribution is 6.32. The Morgan fingerprint density at radius 3 is 2.95 bits per heavy atom. The molecular formula is C17H24ClNO3. The van der Waals surface area contributed by atoms with Crippen LogP contribution < -0.4 is 10.1 Å². The normalized spacial score (nSPS) is 21.4. The smallest absolute Gasteiger partial charge is 0.250 e. The molecule has 0 aromatic heterocycles. The minimum Gasteiger partial charge on any atom is -0.490 e. The molecule has 1 aromatic carbocycles. The monoisotopic (exact) mass is 325 g/mol. The maximum absolute atomic E-state index is 12.1. The molecule has 1 fully saturated rings. The van der Waals surface area contributed by atoms with Gasteiger partial charge in [0.15, 0.2) is 5.75 Å². The van der Waals surface area contributed by atoms with Gasteiger partial charge in [-0.05, 0) is 37.8 Å². The molecule has 2 rings (SSSR count). The summed E-state index contributed by atoms with van der Waals surface area (Å²) in [5.74, 6) is 1.01. The second-order valence-corrected chi connectivity index (χ2v) is 6.21. The quantitative estimate of drug-likeness (QED) is 0.849. The van der Waals surface area contributed by atoms with Crippen LogP contribution in [-0.4, -0.2) is 25.2 Å². The summed E-state index contributed by atoms with van der Waals surface area (Å²) in [6.45, 7) is 4.66. The first-order valence-electron chi connectivity index (χ1n) is 7.93. The summed E-state index contributed by atoms with van der Waals surface area (Å²) >= 11 is 6.10. The Bertz CT molecular complexity index is 507. The molecule has 1 aliphatic carbocycles. The van der Waals surface area contributed by atoms with Crippen molar-refractivity contribution < 1.29 is 14.3 Å². The SMILES string of the molecule is CCOc1c(Cl)cccc1NC(=O)COC1CCCC(C)C1. The van der Waals surface area contributed by atoms with Gasteiger partial charge >= 0.3 is 0 Å². The lowest BCUT2D eigenvalue weighted by Gasteiger charge is -2.26. The maximum atomic E-state index is 12.1. The van der Waals surface area contributed by atoms with E-state index in [-0.39, 0.29) is 18.6 Å². The molecule has 1 aliphatic rings. The van der Waals surface area contributed by atoms with Gasteiger partial charge in [0, 0.05) is 0 Å². The number of para-hydroxylation sites is 1. The molecule has 4 nitrogen and oxygen atoms in total. The van der Waals surface area contributed by atoms with Gasteiger partial charge in [-0.15, -0.1) is 0 Å². The number of amides is 1. The largest absolute Gasteiger partial charge is 0.490 e. The molecule has 0 radical (unpaired) electrons. The van der Waals surface area contributed by atoms with Crippen LogP contribution in [0.2, 0.25) is 5.02 Å². The molecule has 1 aromatic rings. The topological polar surface area (TPSA) is 47.6 Å². The average Bonchev–Trinajstić information content (AvgIpc) is 2.49. The molecule has 122 valence electrons. The fraction of sp³-hybridized carbons (Fsp3) is 0.588. The van der Waals surface area contributed by atoms with Crippen LogP contribution in [0.3, 0.4) is 0 Å². The second-order valence-electron chi connectivity index (χ2n) is 5.80. The summed E-state index contributed by atoms with van der Waals surface area (Å²) in [7, 11) is 0. The van der Waals surface area contributed by atoms with Gasteiger partial charge < -0.3 is 14.8 Å². The standard InChI is InChI=1S/C17H24ClNO3/c1-3-21-17-14(18)8-5-9-15(17)19-16(20)11-22-13-7-4-6-12(2)10-13/h5,8-9,12-13H,3-4,6-7,10-11H2,1-2H3,(H,19,20).